The van der Waals surface area contributed by atoms with E-state index in [1.54, 1.807) is 0 Å². The van der Waals surface area contributed by atoms with Gasteiger partial charge in [-0.2, -0.15) is 0 Å². The Morgan fingerprint density at radius 1 is 1.12 bits per heavy atom. The van der Waals surface area contributed by atoms with E-state index in [0.29, 0.717) is 5.41 Å². The highest BCUT2D eigenvalue weighted by molar-refractivity contribution is 5.00. The lowest BCUT2D eigenvalue weighted by Gasteiger charge is -2.43. The Bertz CT molecular complexity index is 237. The zero-order valence-corrected chi connectivity index (χ0v) is 10.7. The Balaban J connectivity index is 1.72. The van der Waals surface area contributed by atoms with Gasteiger partial charge < -0.3 is 10.2 Å². The van der Waals surface area contributed by atoms with Gasteiger partial charge in [-0.3, -0.25) is 0 Å². The molecular weight excluding hydrogens is 196 g/mol. The Hall–Kier alpha value is -0.0800. The molecule has 0 aromatic heterocycles. The maximum absolute atomic E-state index is 3.71. The molecule has 3 rings (SSSR count). The second-order valence-electron chi connectivity index (χ2n) is 6.45. The van der Waals surface area contributed by atoms with E-state index in [0.717, 1.165) is 11.8 Å². The van der Waals surface area contributed by atoms with Crippen molar-refractivity contribution in [2.24, 2.45) is 17.3 Å². The lowest BCUT2D eigenvalue weighted by molar-refractivity contribution is 0.0677. The fourth-order valence-corrected chi connectivity index (χ4v) is 4.46. The number of piperidine rings is 1. The summed E-state index contributed by atoms with van der Waals surface area (Å²) in [6.07, 6.45) is 8.91. The van der Waals surface area contributed by atoms with Crippen LogP contribution in [0.2, 0.25) is 0 Å². The highest BCUT2D eigenvalue weighted by Gasteiger charge is 2.47. The van der Waals surface area contributed by atoms with Crippen LogP contribution in [0.4, 0.5) is 0 Å². The van der Waals surface area contributed by atoms with Gasteiger partial charge in [0, 0.05) is 6.54 Å². The molecule has 1 saturated carbocycles. The molecule has 2 heteroatoms. The van der Waals surface area contributed by atoms with Gasteiger partial charge in [-0.05, 0) is 56.8 Å². The summed E-state index contributed by atoms with van der Waals surface area (Å²) >= 11 is 0. The zero-order valence-electron chi connectivity index (χ0n) is 10.7. The van der Waals surface area contributed by atoms with Crippen molar-refractivity contribution in [1.82, 2.24) is 10.2 Å². The predicted octanol–water partition coefficient (Wildman–Crippen LogP) is 2.11. The Morgan fingerprint density at radius 3 is 2.50 bits per heavy atom. The van der Waals surface area contributed by atoms with E-state index in [2.05, 4.69) is 17.3 Å². The third-order valence-electron chi connectivity index (χ3n) is 5.58. The average Bonchev–Trinajstić information content (AvgIpc) is 2.92. The second kappa shape index (κ2) is 4.30. The minimum atomic E-state index is 0.682. The number of hydrogen-bond donors (Lipinski definition) is 1. The van der Waals surface area contributed by atoms with Crippen LogP contribution in [0.25, 0.3) is 0 Å². The van der Waals surface area contributed by atoms with Gasteiger partial charge in [-0.1, -0.05) is 25.7 Å². The number of likely N-dealkylation sites (tertiary alicyclic amines) is 1. The van der Waals surface area contributed by atoms with Crippen LogP contribution in [-0.2, 0) is 0 Å². The minimum Gasteiger partial charge on any atom is -0.316 e. The molecule has 1 aliphatic carbocycles. The molecule has 2 nitrogen and oxygen atoms in total. The van der Waals surface area contributed by atoms with E-state index in [-0.39, 0.29) is 0 Å². The van der Waals surface area contributed by atoms with Gasteiger partial charge in [-0.15, -0.1) is 0 Å². The van der Waals surface area contributed by atoms with Crippen molar-refractivity contribution in [1.29, 1.82) is 0 Å². The number of nitrogens with zero attached hydrogens (tertiary/aromatic N) is 1. The molecular formula is C14H26N2. The van der Waals surface area contributed by atoms with Crippen molar-refractivity contribution in [2.45, 2.75) is 38.5 Å². The SMILES string of the molecule is CN1CCC2(CC1)CNCC2C1CCCC1. The summed E-state index contributed by atoms with van der Waals surface area (Å²) < 4.78 is 0. The Kier molecular flexibility index (Phi) is 2.97. The van der Waals surface area contributed by atoms with Crippen LogP contribution < -0.4 is 5.32 Å². The summed E-state index contributed by atoms with van der Waals surface area (Å²) in [5, 5.41) is 3.71. The van der Waals surface area contributed by atoms with E-state index in [9.17, 15) is 0 Å². The van der Waals surface area contributed by atoms with Crippen LogP contribution in [-0.4, -0.2) is 38.1 Å². The first-order valence-corrected chi connectivity index (χ1v) is 7.19. The molecule has 92 valence electrons. The zero-order chi connectivity index (χ0) is 11.0. The minimum absolute atomic E-state index is 0.682. The van der Waals surface area contributed by atoms with E-state index >= 15 is 0 Å². The molecule has 1 unspecified atom stereocenters. The molecule has 0 aromatic rings. The summed E-state index contributed by atoms with van der Waals surface area (Å²) in [6.45, 7) is 5.27. The fraction of sp³-hybridized carbons (Fsp3) is 1.00. The average molecular weight is 222 g/mol. The van der Waals surface area contributed by atoms with Gasteiger partial charge in [0.2, 0.25) is 0 Å². The molecule has 2 heterocycles. The maximum atomic E-state index is 3.71. The summed E-state index contributed by atoms with van der Waals surface area (Å²) in [4.78, 5) is 2.51. The molecule has 1 N–H and O–H groups in total. The molecule has 0 amide bonds. The summed E-state index contributed by atoms with van der Waals surface area (Å²) in [7, 11) is 2.28. The topological polar surface area (TPSA) is 15.3 Å². The standard InChI is InChI=1S/C14H26N2/c1-16-8-6-14(7-9-16)11-15-10-13(14)12-4-2-3-5-12/h12-13,15H,2-11H2,1H3. The van der Waals surface area contributed by atoms with Crippen molar-refractivity contribution < 1.29 is 0 Å². The second-order valence-corrected chi connectivity index (χ2v) is 6.45. The Labute approximate surface area is 99.8 Å². The smallest absolute Gasteiger partial charge is 0.00121 e. The Morgan fingerprint density at radius 2 is 1.81 bits per heavy atom. The third kappa shape index (κ3) is 1.80. The molecule has 0 bridgehead atoms. The van der Waals surface area contributed by atoms with Crippen LogP contribution in [0.5, 0.6) is 0 Å². The third-order valence-corrected chi connectivity index (χ3v) is 5.58. The first kappa shape index (κ1) is 11.0. The maximum Gasteiger partial charge on any atom is 0.00121 e. The van der Waals surface area contributed by atoms with Gasteiger partial charge in [0.1, 0.15) is 0 Å². The number of rotatable bonds is 1. The van der Waals surface area contributed by atoms with E-state index < -0.39 is 0 Å². The van der Waals surface area contributed by atoms with Crippen molar-refractivity contribution in [3.05, 3.63) is 0 Å². The molecule has 3 aliphatic rings. The quantitative estimate of drug-likeness (QED) is 0.731. The molecule has 0 aromatic carbocycles. The van der Waals surface area contributed by atoms with Gasteiger partial charge >= 0.3 is 0 Å². The molecule has 2 saturated heterocycles. The normalized spacial score (nSPS) is 36.2. The first-order valence-electron chi connectivity index (χ1n) is 7.19. The monoisotopic (exact) mass is 222 g/mol. The fourth-order valence-electron chi connectivity index (χ4n) is 4.46. The molecule has 16 heavy (non-hydrogen) atoms. The largest absolute Gasteiger partial charge is 0.316 e. The highest BCUT2D eigenvalue weighted by atomic mass is 15.1. The van der Waals surface area contributed by atoms with Crippen molar-refractivity contribution >= 4 is 0 Å². The van der Waals surface area contributed by atoms with Gasteiger partial charge in [0.05, 0.1) is 0 Å². The van der Waals surface area contributed by atoms with Crippen LogP contribution >= 0.6 is 0 Å². The van der Waals surface area contributed by atoms with Gasteiger partial charge in [0.25, 0.3) is 0 Å². The molecule has 0 radical (unpaired) electrons. The van der Waals surface area contributed by atoms with Crippen molar-refractivity contribution in [3.63, 3.8) is 0 Å². The van der Waals surface area contributed by atoms with E-state index in [1.807, 2.05) is 0 Å². The van der Waals surface area contributed by atoms with Gasteiger partial charge in [0.15, 0.2) is 0 Å². The molecule has 1 atom stereocenters. The van der Waals surface area contributed by atoms with Crippen molar-refractivity contribution in [2.75, 3.05) is 33.2 Å². The summed E-state index contributed by atoms with van der Waals surface area (Å²) in [5.41, 5.74) is 0.682. The molecule has 1 spiro atoms. The van der Waals surface area contributed by atoms with Gasteiger partial charge in [-0.25, -0.2) is 0 Å². The molecule has 2 aliphatic heterocycles. The van der Waals surface area contributed by atoms with E-state index in [1.165, 1.54) is 64.7 Å². The number of hydrogen-bond acceptors (Lipinski definition) is 2. The highest BCUT2D eigenvalue weighted by Crippen LogP contribution is 2.48. The summed E-state index contributed by atoms with van der Waals surface area (Å²) in [6, 6.07) is 0. The van der Waals surface area contributed by atoms with Crippen molar-refractivity contribution in [3.8, 4) is 0 Å². The predicted molar refractivity (Wildman–Crippen MR) is 67.5 cm³/mol. The summed E-state index contributed by atoms with van der Waals surface area (Å²) in [5.74, 6) is 2.06. The van der Waals surface area contributed by atoms with Crippen LogP contribution in [0.15, 0.2) is 0 Å². The van der Waals surface area contributed by atoms with Crippen LogP contribution in [0.1, 0.15) is 38.5 Å². The lowest BCUT2D eigenvalue weighted by Crippen LogP contribution is -2.44. The first-order chi connectivity index (χ1) is 7.80. The van der Waals surface area contributed by atoms with E-state index in [4.69, 9.17) is 0 Å². The lowest BCUT2D eigenvalue weighted by atomic mass is 9.66. The van der Waals surface area contributed by atoms with Crippen LogP contribution in [0.3, 0.4) is 0 Å². The molecule has 3 fully saturated rings. The van der Waals surface area contributed by atoms with Crippen LogP contribution in [0, 0.1) is 17.3 Å². The number of nitrogens with one attached hydrogen (secondary N) is 1.